The van der Waals surface area contributed by atoms with Crippen LogP contribution in [-0.4, -0.2) is 39.6 Å². The molecule has 1 atom stereocenters. The standard InChI is InChI=1S/C14H16ClN3O/c1-11(15)9-17(2)14(19)12-8-16-18(10-12)13-6-4-3-5-7-13/h3-8,10-11H,9H2,1-2H3. The fraction of sp³-hybridized carbons (Fsp3) is 0.286. The molecule has 1 heterocycles. The van der Waals surface area contributed by atoms with E-state index in [1.165, 1.54) is 0 Å². The molecular formula is C14H16ClN3O. The molecule has 2 aromatic rings. The van der Waals surface area contributed by atoms with Gasteiger partial charge in [0.1, 0.15) is 0 Å². The number of alkyl halides is 1. The summed E-state index contributed by atoms with van der Waals surface area (Å²) < 4.78 is 1.69. The lowest BCUT2D eigenvalue weighted by molar-refractivity contribution is 0.0796. The van der Waals surface area contributed by atoms with Gasteiger partial charge in [0.05, 0.1) is 17.4 Å². The predicted molar refractivity (Wildman–Crippen MR) is 75.8 cm³/mol. The topological polar surface area (TPSA) is 38.1 Å². The highest BCUT2D eigenvalue weighted by molar-refractivity contribution is 6.20. The number of nitrogens with zero attached hydrogens (tertiary/aromatic N) is 3. The lowest BCUT2D eigenvalue weighted by atomic mass is 10.3. The Kier molecular flexibility index (Phi) is 4.22. The molecular weight excluding hydrogens is 262 g/mol. The monoisotopic (exact) mass is 277 g/mol. The molecule has 1 aromatic carbocycles. The smallest absolute Gasteiger partial charge is 0.256 e. The van der Waals surface area contributed by atoms with Crippen molar-refractivity contribution < 1.29 is 4.79 Å². The maximum absolute atomic E-state index is 12.1. The molecule has 19 heavy (non-hydrogen) atoms. The minimum absolute atomic E-state index is 0.0712. The van der Waals surface area contributed by atoms with Crippen molar-refractivity contribution in [3.63, 3.8) is 0 Å². The molecule has 0 aliphatic carbocycles. The lowest BCUT2D eigenvalue weighted by Gasteiger charge is -2.17. The summed E-state index contributed by atoms with van der Waals surface area (Å²) in [6.45, 7) is 2.37. The van der Waals surface area contributed by atoms with Gasteiger partial charge in [0.2, 0.25) is 0 Å². The number of halogens is 1. The molecule has 0 saturated heterocycles. The van der Waals surface area contributed by atoms with Gasteiger partial charge >= 0.3 is 0 Å². The molecule has 0 radical (unpaired) electrons. The van der Waals surface area contributed by atoms with E-state index in [1.54, 1.807) is 29.0 Å². The molecule has 1 unspecified atom stereocenters. The van der Waals surface area contributed by atoms with E-state index < -0.39 is 0 Å². The molecule has 1 amide bonds. The van der Waals surface area contributed by atoms with Gasteiger partial charge in [0.25, 0.3) is 5.91 Å². The first kappa shape index (κ1) is 13.6. The van der Waals surface area contributed by atoms with Crippen molar-refractivity contribution in [1.82, 2.24) is 14.7 Å². The number of hydrogen-bond acceptors (Lipinski definition) is 2. The van der Waals surface area contributed by atoms with Gasteiger partial charge in [0.15, 0.2) is 0 Å². The van der Waals surface area contributed by atoms with Crippen LogP contribution in [0.15, 0.2) is 42.7 Å². The summed E-state index contributed by atoms with van der Waals surface area (Å²) >= 11 is 5.89. The second-order valence-electron chi connectivity index (χ2n) is 4.48. The van der Waals surface area contributed by atoms with E-state index in [2.05, 4.69) is 5.10 Å². The van der Waals surface area contributed by atoms with Gasteiger partial charge in [-0.2, -0.15) is 5.10 Å². The van der Waals surface area contributed by atoms with Crippen LogP contribution < -0.4 is 0 Å². The minimum atomic E-state index is -0.0744. The van der Waals surface area contributed by atoms with Crippen LogP contribution in [0.3, 0.4) is 0 Å². The number of carbonyl (C=O) groups is 1. The fourth-order valence-electron chi connectivity index (χ4n) is 1.84. The number of rotatable bonds is 4. The summed E-state index contributed by atoms with van der Waals surface area (Å²) in [4.78, 5) is 13.7. The van der Waals surface area contributed by atoms with Crippen molar-refractivity contribution in [3.8, 4) is 5.69 Å². The maximum Gasteiger partial charge on any atom is 0.256 e. The molecule has 0 saturated carbocycles. The van der Waals surface area contributed by atoms with Crippen LogP contribution in [0.1, 0.15) is 17.3 Å². The predicted octanol–water partition coefficient (Wildman–Crippen LogP) is 2.57. The Hall–Kier alpha value is -1.81. The maximum atomic E-state index is 12.1. The Labute approximate surface area is 117 Å². The third-order valence-electron chi connectivity index (χ3n) is 2.72. The van der Waals surface area contributed by atoms with Crippen LogP contribution in [-0.2, 0) is 0 Å². The van der Waals surface area contributed by atoms with Crippen LogP contribution >= 0.6 is 11.6 Å². The van der Waals surface area contributed by atoms with Crippen LogP contribution in [0.25, 0.3) is 5.69 Å². The summed E-state index contributed by atoms with van der Waals surface area (Å²) in [6.07, 6.45) is 3.30. The Morgan fingerprint density at radius 2 is 2.11 bits per heavy atom. The third kappa shape index (κ3) is 3.35. The zero-order valence-electron chi connectivity index (χ0n) is 11.0. The van der Waals surface area contributed by atoms with Gasteiger partial charge in [0, 0.05) is 25.2 Å². The van der Waals surface area contributed by atoms with Crippen molar-refractivity contribution in [2.45, 2.75) is 12.3 Å². The molecule has 0 aliphatic heterocycles. The third-order valence-corrected chi connectivity index (χ3v) is 2.86. The minimum Gasteiger partial charge on any atom is -0.340 e. The number of amides is 1. The van der Waals surface area contributed by atoms with E-state index in [1.807, 2.05) is 37.3 Å². The van der Waals surface area contributed by atoms with Crippen molar-refractivity contribution in [3.05, 3.63) is 48.3 Å². The van der Waals surface area contributed by atoms with E-state index in [0.717, 1.165) is 5.69 Å². The Morgan fingerprint density at radius 1 is 1.42 bits per heavy atom. The largest absolute Gasteiger partial charge is 0.340 e. The van der Waals surface area contributed by atoms with Crippen LogP contribution in [0.2, 0.25) is 0 Å². The van der Waals surface area contributed by atoms with Crippen molar-refractivity contribution in [2.75, 3.05) is 13.6 Å². The summed E-state index contributed by atoms with van der Waals surface area (Å²) in [6, 6.07) is 9.67. The van der Waals surface area contributed by atoms with Crippen molar-refractivity contribution in [2.24, 2.45) is 0 Å². The first-order valence-corrected chi connectivity index (χ1v) is 6.51. The number of aromatic nitrogens is 2. The highest BCUT2D eigenvalue weighted by atomic mass is 35.5. The molecule has 2 rings (SSSR count). The molecule has 0 aliphatic rings. The second kappa shape index (κ2) is 5.89. The highest BCUT2D eigenvalue weighted by Crippen LogP contribution is 2.10. The first-order chi connectivity index (χ1) is 9.08. The zero-order valence-corrected chi connectivity index (χ0v) is 11.7. The molecule has 0 fully saturated rings. The Morgan fingerprint density at radius 3 is 2.74 bits per heavy atom. The Balaban J connectivity index is 2.15. The van der Waals surface area contributed by atoms with Crippen molar-refractivity contribution in [1.29, 1.82) is 0 Å². The van der Waals surface area contributed by atoms with E-state index in [0.29, 0.717) is 12.1 Å². The highest BCUT2D eigenvalue weighted by Gasteiger charge is 2.15. The molecule has 100 valence electrons. The molecule has 0 spiro atoms. The van der Waals surface area contributed by atoms with Crippen molar-refractivity contribution >= 4 is 17.5 Å². The normalized spacial score (nSPS) is 12.2. The van der Waals surface area contributed by atoms with Gasteiger partial charge in [-0.3, -0.25) is 4.79 Å². The van der Waals surface area contributed by atoms with Gasteiger partial charge in [-0.15, -0.1) is 11.6 Å². The average Bonchev–Trinajstić information content (AvgIpc) is 2.87. The summed E-state index contributed by atoms with van der Waals surface area (Å²) in [5, 5.41) is 4.13. The summed E-state index contributed by atoms with van der Waals surface area (Å²) in [5.74, 6) is -0.0744. The van der Waals surface area contributed by atoms with Gasteiger partial charge < -0.3 is 4.90 Å². The van der Waals surface area contributed by atoms with Crippen LogP contribution in [0.4, 0.5) is 0 Å². The average molecular weight is 278 g/mol. The lowest BCUT2D eigenvalue weighted by Crippen LogP contribution is -2.31. The van der Waals surface area contributed by atoms with Gasteiger partial charge in [-0.25, -0.2) is 4.68 Å². The number of para-hydroxylation sites is 1. The van der Waals surface area contributed by atoms with E-state index in [4.69, 9.17) is 11.6 Å². The van der Waals surface area contributed by atoms with E-state index >= 15 is 0 Å². The molecule has 5 heteroatoms. The molecule has 0 bridgehead atoms. The molecule has 1 aromatic heterocycles. The molecule has 4 nitrogen and oxygen atoms in total. The van der Waals surface area contributed by atoms with Gasteiger partial charge in [-0.1, -0.05) is 18.2 Å². The number of carbonyl (C=O) groups excluding carboxylic acids is 1. The zero-order chi connectivity index (χ0) is 13.8. The van der Waals surface area contributed by atoms with E-state index in [-0.39, 0.29) is 11.3 Å². The first-order valence-electron chi connectivity index (χ1n) is 6.07. The van der Waals surface area contributed by atoms with E-state index in [9.17, 15) is 4.79 Å². The summed E-state index contributed by atoms with van der Waals surface area (Å²) in [5.41, 5.74) is 1.48. The Bertz CT molecular complexity index is 551. The number of benzene rings is 1. The number of hydrogen-bond donors (Lipinski definition) is 0. The molecule has 0 N–H and O–H groups in total. The van der Waals surface area contributed by atoms with Crippen LogP contribution in [0, 0.1) is 0 Å². The SMILES string of the molecule is CC(Cl)CN(C)C(=O)c1cnn(-c2ccccc2)c1. The summed E-state index contributed by atoms with van der Waals surface area (Å²) in [7, 11) is 1.74. The van der Waals surface area contributed by atoms with Crippen LogP contribution in [0.5, 0.6) is 0 Å². The quantitative estimate of drug-likeness (QED) is 0.806. The van der Waals surface area contributed by atoms with Gasteiger partial charge in [-0.05, 0) is 19.1 Å². The second-order valence-corrected chi connectivity index (χ2v) is 5.22. The fourth-order valence-corrected chi connectivity index (χ4v) is 2.04.